The Morgan fingerprint density at radius 1 is 1.26 bits per heavy atom. The van der Waals surface area contributed by atoms with E-state index in [1.54, 1.807) is 12.5 Å². The summed E-state index contributed by atoms with van der Waals surface area (Å²) in [5.74, 6) is 0. The van der Waals surface area contributed by atoms with Gasteiger partial charge < -0.3 is 9.73 Å². The fraction of sp³-hybridized carbons (Fsp3) is 0.133. The maximum absolute atomic E-state index is 6.06. The lowest BCUT2D eigenvalue weighted by Crippen LogP contribution is -2.17. The molecule has 3 nitrogen and oxygen atoms in total. The largest absolute Gasteiger partial charge is 0.453 e. The zero-order valence-corrected chi connectivity index (χ0v) is 11.2. The Morgan fingerprint density at radius 2 is 2.16 bits per heavy atom. The zero-order valence-electron chi connectivity index (χ0n) is 10.4. The Hall–Kier alpha value is -1.84. The number of hydrogen-bond acceptors (Lipinski definition) is 3. The number of halogens is 1. The molecule has 0 saturated carbocycles. The van der Waals surface area contributed by atoms with Gasteiger partial charge in [-0.3, -0.25) is 4.98 Å². The zero-order chi connectivity index (χ0) is 13.2. The summed E-state index contributed by atoms with van der Waals surface area (Å²) in [5.41, 5.74) is 3.05. The molecule has 0 radical (unpaired) electrons. The van der Waals surface area contributed by atoms with Gasteiger partial charge in [0.15, 0.2) is 5.22 Å². The van der Waals surface area contributed by atoms with Crippen LogP contribution in [0.25, 0.3) is 10.9 Å². The fourth-order valence-corrected chi connectivity index (χ4v) is 2.51. The quantitative estimate of drug-likeness (QED) is 0.788. The molecule has 0 saturated heterocycles. The average Bonchev–Trinajstić information content (AvgIpc) is 2.86. The van der Waals surface area contributed by atoms with Crippen molar-refractivity contribution < 1.29 is 4.42 Å². The maximum atomic E-state index is 6.06. The highest BCUT2D eigenvalue weighted by Gasteiger charge is 2.17. The molecule has 1 aromatic carbocycles. The summed E-state index contributed by atoms with van der Waals surface area (Å²) in [5, 5.41) is 4.79. The van der Waals surface area contributed by atoms with E-state index in [2.05, 4.69) is 28.5 Å². The van der Waals surface area contributed by atoms with E-state index in [1.165, 1.54) is 0 Å². The summed E-state index contributed by atoms with van der Waals surface area (Å²) in [6, 6.07) is 12.1. The molecule has 0 spiro atoms. The molecule has 0 fully saturated rings. The smallest absolute Gasteiger partial charge is 0.198 e. The van der Waals surface area contributed by atoms with Gasteiger partial charge >= 0.3 is 0 Å². The van der Waals surface area contributed by atoms with Crippen molar-refractivity contribution in [3.8, 4) is 0 Å². The summed E-state index contributed by atoms with van der Waals surface area (Å²) < 4.78 is 5.17. The molecular weight excluding hydrogens is 260 g/mol. The van der Waals surface area contributed by atoms with E-state index in [1.807, 2.05) is 25.2 Å². The molecule has 2 heterocycles. The van der Waals surface area contributed by atoms with Crippen molar-refractivity contribution in [3.05, 3.63) is 65.2 Å². The van der Waals surface area contributed by atoms with Crippen molar-refractivity contribution in [1.29, 1.82) is 0 Å². The third-order valence-electron chi connectivity index (χ3n) is 3.21. The monoisotopic (exact) mass is 272 g/mol. The van der Waals surface area contributed by atoms with Crippen LogP contribution in [0.1, 0.15) is 17.2 Å². The van der Waals surface area contributed by atoms with E-state index in [0.717, 1.165) is 22.0 Å². The van der Waals surface area contributed by atoms with Crippen LogP contribution in [0.15, 0.2) is 53.3 Å². The van der Waals surface area contributed by atoms with E-state index in [4.69, 9.17) is 16.0 Å². The highest BCUT2D eigenvalue weighted by Crippen LogP contribution is 2.30. The number of rotatable bonds is 3. The molecule has 1 N–H and O–H groups in total. The first-order valence-electron chi connectivity index (χ1n) is 6.04. The van der Waals surface area contributed by atoms with Gasteiger partial charge in [-0.25, -0.2) is 0 Å². The van der Waals surface area contributed by atoms with Crippen LogP contribution in [0.3, 0.4) is 0 Å². The Balaban J connectivity index is 2.09. The summed E-state index contributed by atoms with van der Waals surface area (Å²) in [7, 11) is 1.90. The van der Waals surface area contributed by atoms with Crippen LogP contribution in [0.2, 0.25) is 5.22 Å². The minimum Gasteiger partial charge on any atom is -0.453 e. The average molecular weight is 273 g/mol. The topological polar surface area (TPSA) is 38.1 Å². The second-order valence-electron chi connectivity index (χ2n) is 4.33. The van der Waals surface area contributed by atoms with Gasteiger partial charge in [0.05, 0.1) is 17.8 Å². The van der Waals surface area contributed by atoms with Gasteiger partial charge in [-0.15, -0.1) is 0 Å². The highest BCUT2D eigenvalue weighted by molar-refractivity contribution is 6.29. The lowest BCUT2D eigenvalue weighted by atomic mass is 9.99. The second kappa shape index (κ2) is 5.03. The van der Waals surface area contributed by atoms with Gasteiger partial charge in [0.2, 0.25) is 0 Å². The maximum Gasteiger partial charge on any atom is 0.198 e. The fourth-order valence-electron chi connectivity index (χ4n) is 2.29. The number of pyridine rings is 1. The normalized spacial score (nSPS) is 12.7. The lowest BCUT2D eigenvalue weighted by molar-refractivity contribution is 0.559. The predicted molar refractivity (Wildman–Crippen MR) is 76.4 cm³/mol. The number of fused-ring (bicyclic) bond motifs is 1. The van der Waals surface area contributed by atoms with Crippen molar-refractivity contribution in [2.45, 2.75) is 6.04 Å². The molecule has 4 heteroatoms. The minimum absolute atomic E-state index is 0.0101. The molecule has 0 bridgehead atoms. The summed E-state index contributed by atoms with van der Waals surface area (Å²) in [6.45, 7) is 0. The van der Waals surface area contributed by atoms with Gasteiger partial charge in [0.25, 0.3) is 0 Å². The lowest BCUT2D eigenvalue weighted by Gasteiger charge is -2.16. The first kappa shape index (κ1) is 12.2. The molecule has 1 unspecified atom stereocenters. The molecule has 0 aliphatic heterocycles. The van der Waals surface area contributed by atoms with Crippen LogP contribution < -0.4 is 5.32 Å². The molecular formula is C15H13ClN2O. The van der Waals surface area contributed by atoms with Gasteiger partial charge in [-0.2, -0.15) is 0 Å². The van der Waals surface area contributed by atoms with E-state index >= 15 is 0 Å². The number of furan rings is 1. The summed E-state index contributed by atoms with van der Waals surface area (Å²) in [4.78, 5) is 4.32. The van der Waals surface area contributed by atoms with Gasteiger partial charge in [0, 0.05) is 17.1 Å². The van der Waals surface area contributed by atoms with Crippen LogP contribution in [-0.2, 0) is 0 Å². The van der Waals surface area contributed by atoms with Gasteiger partial charge in [0.1, 0.15) is 0 Å². The van der Waals surface area contributed by atoms with Gasteiger partial charge in [-0.05, 0) is 48.5 Å². The molecule has 0 amide bonds. The molecule has 0 aliphatic carbocycles. The summed E-state index contributed by atoms with van der Waals surface area (Å²) >= 11 is 6.06. The third kappa shape index (κ3) is 2.23. The molecule has 96 valence electrons. The van der Waals surface area contributed by atoms with Crippen LogP contribution in [0.4, 0.5) is 0 Å². The highest BCUT2D eigenvalue weighted by atomic mass is 35.5. The SMILES string of the molecule is CNC(c1ccc2ncccc2c1)c1ccoc1Cl. The third-order valence-corrected chi connectivity index (χ3v) is 3.51. The van der Waals surface area contributed by atoms with E-state index in [9.17, 15) is 0 Å². The molecule has 19 heavy (non-hydrogen) atoms. The molecule has 3 aromatic rings. The Labute approximate surface area is 116 Å². The van der Waals surface area contributed by atoms with Crippen molar-refractivity contribution in [2.24, 2.45) is 0 Å². The first-order valence-corrected chi connectivity index (χ1v) is 6.42. The van der Waals surface area contributed by atoms with Crippen molar-refractivity contribution in [3.63, 3.8) is 0 Å². The molecule has 1 atom stereocenters. The number of benzene rings is 1. The summed E-state index contributed by atoms with van der Waals surface area (Å²) in [6.07, 6.45) is 3.40. The van der Waals surface area contributed by atoms with E-state index in [-0.39, 0.29) is 6.04 Å². The minimum atomic E-state index is 0.0101. The first-order chi connectivity index (χ1) is 9.29. The van der Waals surface area contributed by atoms with Crippen LogP contribution in [0, 0.1) is 0 Å². The van der Waals surface area contributed by atoms with Crippen LogP contribution in [-0.4, -0.2) is 12.0 Å². The van der Waals surface area contributed by atoms with Crippen molar-refractivity contribution >= 4 is 22.5 Å². The number of nitrogens with one attached hydrogen (secondary N) is 1. The van der Waals surface area contributed by atoms with E-state index in [0.29, 0.717) is 5.22 Å². The van der Waals surface area contributed by atoms with E-state index < -0.39 is 0 Å². The second-order valence-corrected chi connectivity index (χ2v) is 4.67. The van der Waals surface area contributed by atoms with Crippen molar-refractivity contribution in [1.82, 2.24) is 10.3 Å². The Morgan fingerprint density at radius 3 is 2.89 bits per heavy atom. The number of aromatic nitrogens is 1. The van der Waals surface area contributed by atoms with Gasteiger partial charge in [-0.1, -0.05) is 12.1 Å². The number of nitrogens with zero attached hydrogens (tertiary/aromatic N) is 1. The Bertz CT molecular complexity index is 708. The van der Waals surface area contributed by atoms with Crippen LogP contribution >= 0.6 is 11.6 Å². The number of hydrogen-bond donors (Lipinski definition) is 1. The standard InChI is InChI=1S/C15H13ClN2O/c1-17-14(12-6-8-19-15(12)16)11-4-5-13-10(9-11)3-2-7-18-13/h2-9,14,17H,1H3. The molecule has 0 aliphatic rings. The predicted octanol–water partition coefficient (Wildman–Crippen LogP) is 3.79. The van der Waals surface area contributed by atoms with Crippen molar-refractivity contribution in [2.75, 3.05) is 7.05 Å². The molecule has 3 rings (SSSR count). The molecule has 2 aromatic heterocycles. The Kier molecular flexibility index (Phi) is 3.23. The van der Waals surface area contributed by atoms with Crippen LogP contribution in [0.5, 0.6) is 0 Å².